The van der Waals surface area contributed by atoms with Crippen LogP contribution in [0.4, 0.5) is 5.82 Å². The number of hydrogen-bond donors (Lipinski definition) is 2. The first-order valence-electron chi connectivity index (χ1n) is 9.32. The smallest absolute Gasteiger partial charge is 0.274 e. The van der Waals surface area contributed by atoms with E-state index in [0.717, 1.165) is 38.8 Å². The van der Waals surface area contributed by atoms with Crippen molar-refractivity contribution >= 4 is 11.7 Å². The van der Waals surface area contributed by atoms with Crippen LogP contribution < -0.4 is 4.90 Å². The number of hydrogen-bond acceptors (Lipinski definition) is 6. The predicted octanol–water partition coefficient (Wildman–Crippen LogP) is 0.815. The zero-order valence-corrected chi connectivity index (χ0v) is 14.5. The van der Waals surface area contributed by atoms with Gasteiger partial charge >= 0.3 is 0 Å². The second kappa shape index (κ2) is 6.53. The number of nitrogens with zero attached hydrogens (tertiary/aromatic N) is 4. The summed E-state index contributed by atoms with van der Waals surface area (Å²) in [6.45, 7) is 3.02. The van der Waals surface area contributed by atoms with Crippen LogP contribution in [0, 0.1) is 5.41 Å². The molecule has 3 heterocycles. The maximum Gasteiger partial charge on any atom is 0.274 e. The first-order valence-corrected chi connectivity index (χ1v) is 9.32. The van der Waals surface area contributed by atoms with E-state index in [1.54, 1.807) is 12.4 Å². The normalized spacial score (nSPS) is 28.7. The van der Waals surface area contributed by atoms with Crippen LogP contribution in [0.1, 0.15) is 49.0 Å². The van der Waals surface area contributed by atoms with Crippen LogP contribution in [0.15, 0.2) is 12.4 Å². The van der Waals surface area contributed by atoms with Crippen molar-refractivity contribution in [3.63, 3.8) is 0 Å². The van der Waals surface area contributed by atoms with Gasteiger partial charge in [-0.1, -0.05) is 0 Å². The van der Waals surface area contributed by atoms with E-state index in [4.69, 9.17) is 0 Å². The van der Waals surface area contributed by atoms with Crippen LogP contribution in [0.3, 0.4) is 0 Å². The molecule has 136 valence electrons. The van der Waals surface area contributed by atoms with Gasteiger partial charge in [0.2, 0.25) is 0 Å². The van der Waals surface area contributed by atoms with Crippen molar-refractivity contribution in [1.82, 2.24) is 14.9 Å². The number of aliphatic hydroxyl groups excluding tert-OH is 2. The number of anilines is 1. The molecule has 0 bridgehead atoms. The number of carbonyl (C=O) groups excluding carboxylic acids is 1. The van der Waals surface area contributed by atoms with Crippen LogP contribution in [-0.2, 0) is 0 Å². The minimum absolute atomic E-state index is 0.0348. The quantitative estimate of drug-likeness (QED) is 0.824. The van der Waals surface area contributed by atoms with Gasteiger partial charge in [0, 0.05) is 38.0 Å². The summed E-state index contributed by atoms with van der Waals surface area (Å²) in [5.41, 5.74) is 0.0638. The second-order valence-electron chi connectivity index (χ2n) is 7.60. The van der Waals surface area contributed by atoms with Crippen molar-refractivity contribution in [1.29, 1.82) is 0 Å². The maximum absolute atomic E-state index is 12.6. The number of aromatic nitrogens is 2. The van der Waals surface area contributed by atoms with Crippen LogP contribution >= 0.6 is 0 Å². The van der Waals surface area contributed by atoms with E-state index in [2.05, 4.69) is 14.9 Å². The van der Waals surface area contributed by atoms with E-state index in [1.165, 1.54) is 6.42 Å². The average Bonchev–Trinajstić information content (AvgIpc) is 2.68. The number of amides is 1. The third kappa shape index (κ3) is 2.89. The lowest BCUT2D eigenvalue weighted by atomic mass is 9.58. The number of aliphatic hydroxyl groups is 2. The Morgan fingerprint density at radius 1 is 1.04 bits per heavy atom. The summed E-state index contributed by atoms with van der Waals surface area (Å²) in [5.74, 6) is 0.674. The highest BCUT2D eigenvalue weighted by Crippen LogP contribution is 2.49. The van der Waals surface area contributed by atoms with E-state index in [1.807, 2.05) is 4.90 Å². The van der Waals surface area contributed by atoms with Crippen molar-refractivity contribution in [2.45, 2.75) is 50.7 Å². The molecule has 3 aliphatic rings. The molecule has 2 atom stereocenters. The monoisotopic (exact) mass is 346 g/mol. The van der Waals surface area contributed by atoms with Gasteiger partial charge in [0.25, 0.3) is 5.91 Å². The van der Waals surface area contributed by atoms with E-state index in [0.29, 0.717) is 31.0 Å². The first kappa shape index (κ1) is 16.7. The SMILES string of the molecule is O=C(c1cncc(N2CCC3(CC2)C(O)CC3O)n1)N1CCCCC1. The minimum atomic E-state index is -0.400. The molecule has 1 aromatic rings. The molecule has 4 rings (SSSR count). The number of carbonyl (C=O) groups is 1. The Bertz CT molecular complexity index is 629. The second-order valence-corrected chi connectivity index (χ2v) is 7.60. The lowest BCUT2D eigenvalue weighted by molar-refractivity contribution is -0.177. The summed E-state index contributed by atoms with van der Waals surface area (Å²) in [4.78, 5) is 25.4. The van der Waals surface area contributed by atoms with Crippen LogP contribution in [0.5, 0.6) is 0 Å². The van der Waals surface area contributed by atoms with E-state index >= 15 is 0 Å². The van der Waals surface area contributed by atoms with Gasteiger partial charge in [0.05, 0.1) is 24.6 Å². The van der Waals surface area contributed by atoms with Gasteiger partial charge in [0.1, 0.15) is 11.5 Å². The van der Waals surface area contributed by atoms with Crippen molar-refractivity contribution < 1.29 is 15.0 Å². The molecular formula is C18H26N4O3. The van der Waals surface area contributed by atoms with Crippen molar-refractivity contribution in [3.05, 3.63) is 18.1 Å². The van der Waals surface area contributed by atoms with Crippen LogP contribution in [0.2, 0.25) is 0 Å². The summed E-state index contributed by atoms with van der Waals surface area (Å²) in [5, 5.41) is 20.1. The van der Waals surface area contributed by atoms with Gasteiger partial charge in [-0.25, -0.2) is 4.98 Å². The van der Waals surface area contributed by atoms with Gasteiger partial charge in [0.15, 0.2) is 0 Å². The summed E-state index contributed by atoms with van der Waals surface area (Å²) < 4.78 is 0. The largest absolute Gasteiger partial charge is 0.392 e. The standard InChI is InChI=1S/C18H26N4O3/c23-14-10-15(24)18(14)4-8-21(9-5-18)16-12-19-11-13(20-16)17(25)22-6-2-1-3-7-22/h11-12,14-15,23-24H,1-10H2. The van der Waals surface area contributed by atoms with Crippen molar-refractivity contribution in [3.8, 4) is 0 Å². The number of piperidine rings is 2. The Hall–Kier alpha value is -1.73. The molecule has 25 heavy (non-hydrogen) atoms. The summed E-state index contributed by atoms with van der Waals surface area (Å²) in [7, 11) is 0. The fourth-order valence-electron chi connectivity index (χ4n) is 4.43. The first-order chi connectivity index (χ1) is 12.1. The molecule has 7 nitrogen and oxygen atoms in total. The summed E-state index contributed by atoms with van der Waals surface area (Å²) >= 11 is 0. The average molecular weight is 346 g/mol. The molecule has 2 unspecified atom stereocenters. The highest BCUT2D eigenvalue weighted by atomic mass is 16.3. The maximum atomic E-state index is 12.6. The van der Waals surface area contributed by atoms with E-state index in [9.17, 15) is 15.0 Å². The molecule has 1 amide bonds. The zero-order chi connectivity index (χ0) is 17.4. The molecular weight excluding hydrogens is 320 g/mol. The van der Waals surface area contributed by atoms with Gasteiger partial charge in [-0.2, -0.15) is 0 Å². The molecule has 0 aromatic carbocycles. The lowest BCUT2D eigenvalue weighted by Crippen LogP contribution is -2.61. The molecule has 2 aliphatic heterocycles. The Balaban J connectivity index is 1.44. The van der Waals surface area contributed by atoms with E-state index < -0.39 is 12.2 Å². The van der Waals surface area contributed by atoms with Crippen molar-refractivity contribution in [2.24, 2.45) is 5.41 Å². The zero-order valence-electron chi connectivity index (χ0n) is 14.5. The Kier molecular flexibility index (Phi) is 4.37. The van der Waals surface area contributed by atoms with Gasteiger partial charge in [-0.15, -0.1) is 0 Å². The molecule has 1 aliphatic carbocycles. The number of rotatable bonds is 2. The Labute approximate surface area is 147 Å². The highest BCUT2D eigenvalue weighted by Gasteiger charge is 2.54. The third-order valence-corrected chi connectivity index (χ3v) is 6.28. The number of likely N-dealkylation sites (tertiary alicyclic amines) is 1. The van der Waals surface area contributed by atoms with E-state index in [-0.39, 0.29) is 11.3 Å². The Morgan fingerprint density at radius 2 is 1.72 bits per heavy atom. The van der Waals surface area contributed by atoms with Gasteiger partial charge in [-0.3, -0.25) is 9.78 Å². The summed E-state index contributed by atoms with van der Waals surface area (Å²) in [6, 6.07) is 0. The minimum Gasteiger partial charge on any atom is -0.392 e. The molecule has 1 aromatic heterocycles. The van der Waals surface area contributed by atoms with Gasteiger partial charge < -0.3 is 20.0 Å². The molecule has 2 N–H and O–H groups in total. The third-order valence-electron chi connectivity index (χ3n) is 6.28. The molecule has 2 saturated heterocycles. The molecule has 7 heteroatoms. The topological polar surface area (TPSA) is 89.8 Å². The highest BCUT2D eigenvalue weighted by molar-refractivity contribution is 5.92. The Morgan fingerprint density at radius 3 is 2.36 bits per heavy atom. The molecule has 1 saturated carbocycles. The van der Waals surface area contributed by atoms with Crippen molar-refractivity contribution in [2.75, 3.05) is 31.1 Å². The lowest BCUT2D eigenvalue weighted by Gasteiger charge is -2.55. The van der Waals surface area contributed by atoms with Crippen LogP contribution in [-0.4, -0.2) is 69.4 Å². The van der Waals surface area contributed by atoms with Crippen LogP contribution in [0.25, 0.3) is 0 Å². The molecule has 1 spiro atoms. The fourth-order valence-corrected chi connectivity index (χ4v) is 4.43. The molecule has 0 radical (unpaired) electrons. The molecule has 3 fully saturated rings. The van der Waals surface area contributed by atoms with Gasteiger partial charge in [-0.05, 0) is 32.1 Å². The summed E-state index contributed by atoms with van der Waals surface area (Å²) in [6.07, 6.45) is 7.69. The predicted molar refractivity (Wildman–Crippen MR) is 92.3 cm³/mol. The fraction of sp³-hybridized carbons (Fsp3) is 0.722.